The molecule has 0 aliphatic heterocycles. The first-order valence-corrected chi connectivity index (χ1v) is 3.53. The lowest BCUT2D eigenvalue weighted by Crippen LogP contribution is -2.20. The molecule has 0 radical (unpaired) electrons. The second-order valence-electron chi connectivity index (χ2n) is 2.32. The molecule has 0 bridgehead atoms. The van der Waals surface area contributed by atoms with E-state index < -0.39 is 17.9 Å². The van der Waals surface area contributed by atoms with Gasteiger partial charge in [0.2, 0.25) is 0 Å². The average molecular weight is 210 g/mol. The largest absolute Gasteiger partial charge is 0.573 e. The SMILES string of the molecule is NCc1nccc(F)c1OC(F)(F)F. The molecule has 3 nitrogen and oxygen atoms in total. The van der Waals surface area contributed by atoms with E-state index in [1.807, 2.05) is 0 Å². The number of hydrogen-bond donors (Lipinski definition) is 1. The van der Waals surface area contributed by atoms with Gasteiger partial charge in [-0.3, -0.25) is 4.98 Å². The van der Waals surface area contributed by atoms with Gasteiger partial charge in [0.05, 0.1) is 5.69 Å². The standard InChI is InChI=1S/C7H6F4N2O/c8-4-1-2-13-5(3-12)6(4)14-7(9,10)11/h1-2H,3,12H2. The minimum atomic E-state index is -4.95. The molecule has 1 rings (SSSR count). The van der Waals surface area contributed by atoms with Crippen LogP contribution in [0.5, 0.6) is 5.75 Å². The molecule has 0 fully saturated rings. The summed E-state index contributed by atoms with van der Waals surface area (Å²) in [5.41, 5.74) is 4.79. The van der Waals surface area contributed by atoms with Crippen LogP contribution in [0.2, 0.25) is 0 Å². The Balaban J connectivity index is 3.05. The molecule has 0 amide bonds. The van der Waals surface area contributed by atoms with Gasteiger partial charge >= 0.3 is 6.36 Å². The van der Waals surface area contributed by atoms with Crippen molar-refractivity contribution in [1.29, 1.82) is 0 Å². The van der Waals surface area contributed by atoms with Gasteiger partial charge in [0, 0.05) is 12.7 Å². The van der Waals surface area contributed by atoms with Crippen LogP contribution in [0.15, 0.2) is 12.3 Å². The summed E-state index contributed by atoms with van der Waals surface area (Å²) in [4.78, 5) is 3.45. The minimum absolute atomic E-state index is 0.276. The Bertz CT molecular complexity index is 326. The average Bonchev–Trinajstić information content (AvgIpc) is 2.06. The van der Waals surface area contributed by atoms with Crippen LogP contribution in [-0.4, -0.2) is 11.3 Å². The lowest BCUT2D eigenvalue weighted by atomic mass is 10.3. The van der Waals surface area contributed by atoms with Crippen molar-refractivity contribution < 1.29 is 22.3 Å². The molecule has 0 aliphatic carbocycles. The van der Waals surface area contributed by atoms with Crippen molar-refractivity contribution >= 4 is 0 Å². The first-order chi connectivity index (χ1) is 6.44. The van der Waals surface area contributed by atoms with Crippen LogP contribution >= 0.6 is 0 Å². The van der Waals surface area contributed by atoms with Gasteiger partial charge in [0.15, 0.2) is 11.6 Å². The van der Waals surface area contributed by atoms with Crippen LogP contribution in [0.1, 0.15) is 5.69 Å². The Morgan fingerprint density at radius 1 is 1.43 bits per heavy atom. The second kappa shape index (κ2) is 3.79. The molecule has 0 spiro atoms. The van der Waals surface area contributed by atoms with E-state index in [-0.39, 0.29) is 12.2 Å². The van der Waals surface area contributed by atoms with Gasteiger partial charge in [0.1, 0.15) is 0 Å². The molecule has 78 valence electrons. The van der Waals surface area contributed by atoms with Crippen LogP contribution in [0.4, 0.5) is 17.6 Å². The highest BCUT2D eigenvalue weighted by atomic mass is 19.4. The third kappa shape index (κ3) is 2.56. The zero-order chi connectivity index (χ0) is 10.8. The van der Waals surface area contributed by atoms with Gasteiger partial charge in [-0.15, -0.1) is 13.2 Å². The number of ether oxygens (including phenoxy) is 1. The van der Waals surface area contributed by atoms with E-state index >= 15 is 0 Å². The molecule has 0 aliphatic rings. The molecule has 1 heterocycles. The summed E-state index contributed by atoms with van der Waals surface area (Å²) >= 11 is 0. The predicted octanol–water partition coefficient (Wildman–Crippen LogP) is 1.58. The third-order valence-electron chi connectivity index (χ3n) is 1.34. The molecule has 0 unspecified atom stereocenters. The van der Waals surface area contributed by atoms with Gasteiger partial charge in [0.25, 0.3) is 0 Å². The van der Waals surface area contributed by atoms with Crippen molar-refractivity contribution in [3.05, 3.63) is 23.8 Å². The summed E-state index contributed by atoms with van der Waals surface area (Å²) in [7, 11) is 0. The van der Waals surface area contributed by atoms with E-state index in [4.69, 9.17) is 5.73 Å². The van der Waals surface area contributed by atoms with E-state index in [2.05, 4.69) is 9.72 Å². The lowest BCUT2D eigenvalue weighted by molar-refractivity contribution is -0.276. The van der Waals surface area contributed by atoms with E-state index in [9.17, 15) is 17.6 Å². The van der Waals surface area contributed by atoms with Gasteiger partial charge in [-0.25, -0.2) is 4.39 Å². The van der Waals surface area contributed by atoms with Crippen LogP contribution < -0.4 is 10.5 Å². The molecule has 0 aromatic carbocycles. The number of pyridine rings is 1. The van der Waals surface area contributed by atoms with Crippen molar-refractivity contribution in [2.45, 2.75) is 12.9 Å². The van der Waals surface area contributed by atoms with E-state index in [1.54, 1.807) is 0 Å². The highest BCUT2D eigenvalue weighted by molar-refractivity contribution is 5.28. The molecule has 1 aromatic heterocycles. The first-order valence-electron chi connectivity index (χ1n) is 3.53. The van der Waals surface area contributed by atoms with E-state index in [1.165, 1.54) is 0 Å². The lowest BCUT2D eigenvalue weighted by Gasteiger charge is -2.11. The second-order valence-corrected chi connectivity index (χ2v) is 2.32. The maximum Gasteiger partial charge on any atom is 0.573 e. The number of alkyl halides is 3. The molecule has 14 heavy (non-hydrogen) atoms. The summed E-state index contributed by atoms with van der Waals surface area (Å²) in [5, 5.41) is 0. The molecule has 7 heteroatoms. The number of rotatable bonds is 2. The van der Waals surface area contributed by atoms with Crippen LogP contribution in [0, 0.1) is 5.82 Å². The number of aromatic nitrogens is 1. The van der Waals surface area contributed by atoms with Crippen LogP contribution in [-0.2, 0) is 6.54 Å². The Labute approximate surface area is 76.5 Å². The van der Waals surface area contributed by atoms with Crippen molar-refractivity contribution in [1.82, 2.24) is 4.98 Å². The number of halogens is 4. The van der Waals surface area contributed by atoms with Gasteiger partial charge < -0.3 is 10.5 Å². The van der Waals surface area contributed by atoms with E-state index in [0.717, 1.165) is 12.3 Å². The Kier molecular flexibility index (Phi) is 2.90. The summed E-state index contributed by atoms with van der Waals surface area (Å²) in [6.45, 7) is -0.330. The molecule has 2 N–H and O–H groups in total. The Morgan fingerprint density at radius 3 is 2.57 bits per heavy atom. The molecule has 0 saturated carbocycles. The van der Waals surface area contributed by atoms with Crippen molar-refractivity contribution in [2.24, 2.45) is 5.73 Å². The topological polar surface area (TPSA) is 48.1 Å². The van der Waals surface area contributed by atoms with Crippen molar-refractivity contribution in [3.8, 4) is 5.75 Å². The fourth-order valence-corrected chi connectivity index (χ4v) is 0.834. The number of hydrogen-bond acceptors (Lipinski definition) is 3. The summed E-state index contributed by atoms with van der Waals surface area (Å²) in [5.74, 6) is -2.11. The normalized spacial score (nSPS) is 11.5. The minimum Gasteiger partial charge on any atom is -0.401 e. The maximum atomic E-state index is 12.8. The highest BCUT2D eigenvalue weighted by Gasteiger charge is 2.33. The van der Waals surface area contributed by atoms with Crippen molar-refractivity contribution in [3.63, 3.8) is 0 Å². The smallest absolute Gasteiger partial charge is 0.401 e. The number of nitrogens with zero attached hydrogens (tertiary/aromatic N) is 1. The van der Waals surface area contributed by atoms with Gasteiger partial charge in [-0.1, -0.05) is 0 Å². The van der Waals surface area contributed by atoms with Gasteiger partial charge in [-0.2, -0.15) is 0 Å². The molecule has 1 aromatic rings. The fourth-order valence-electron chi connectivity index (χ4n) is 0.834. The zero-order valence-electron chi connectivity index (χ0n) is 6.81. The molecule has 0 atom stereocenters. The maximum absolute atomic E-state index is 12.8. The zero-order valence-corrected chi connectivity index (χ0v) is 6.81. The molecular formula is C7H6F4N2O. The predicted molar refractivity (Wildman–Crippen MR) is 38.8 cm³/mol. The summed E-state index contributed by atoms with van der Waals surface area (Å²) in [6.07, 6.45) is -3.94. The van der Waals surface area contributed by atoms with Crippen LogP contribution in [0.25, 0.3) is 0 Å². The highest BCUT2D eigenvalue weighted by Crippen LogP contribution is 2.27. The van der Waals surface area contributed by atoms with Gasteiger partial charge in [-0.05, 0) is 6.07 Å². The summed E-state index contributed by atoms with van der Waals surface area (Å²) in [6, 6.07) is 0.764. The Morgan fingerprint density at radius 2 is 2.07 bits per heavy atom. The fraction of sp³-hybridized carbons (Fsp3) is 0.286. The summed E-state index contributed by atoms with van der Waals surface area (Å²) < 4.78 is 51.6. The Hall–Kier alpha value is -1.37. The monoisotopic (exact) mass is 210 g/mol. The van der Waals surface area contributed by atoms with Crippen LogP contribution in [0.3, 0.4) is 0 Å². The van der Waals surface area contributed by atoms with E-state index in [0.29, 0.717) is 0 Å². The first kappa shape index (κ1) is 10.7. The molecule has 0 saturated heterocycles. The number of nitrogens with two attached hydrogens (primary N) is 1. The quantitative estimate of drug-likeness (QED) is 0.754. The third-order valence-corrected chi connectivity index (χ3v) is 1.34. The molecular weight excluding hydrogens is 204 g/mol. The van der Waals surface area contributed by atoms with Crippen molar-refractivity contribution in [2.75, 3.05) is 0 Å².